The maximum absolute atomic E-state index is 10.7. The average molecular weight is 410 g/mol. The zero-order chi connectivity index (χ0) is 20.6. The molecule has 28 heavy (non-hydrogen) atoms. The molecule has 0 radical (unpaired) electrons. The molecule has 0 aromatic carbocycles. The van der Waals surface area contributed by atoms with Crippen molar-refractivity contribution in [2.45, 2.75) is 84.1 Å². The van der Waals surface area contributed by atoms with Crippen LogP contribution < -0.4 is 10.6 Å². The zero-order valence-corrected chi connectivity index (χ0v) is 19.5. The molecule has 1 aromatic heterocycles. The van der Waals surface area contributed by atoms with Crippen molar-refractivity contribution in [2.24, 2.45) is 5.92 Å². The molecule has 1 heterocycles. The second kappa shape index (κ2) is 15.9. The molecule has 0 aliphatic rings. The topological polar surface area (TPSA) is 44.4 Å². The Kier molecular flexibility index (Phi) is 14.3. The number of carbonyl (C=O) groups excluding carboxylic acids is 1. The van der Waals surface area contributed by atoms with Gasteiger partial charge in [-0.3, -0.25) is 4.79 Å². The zero-order valence-electron chi connectivity index (χ0n) is 18.6. The summed E-state index contributed by atoms with van der Waals surface area (Å²) in [5.74, 6) is 0.898. The average Bonchev–Trinajstić information content (AvgIpc) is 3.12. The second-order valence-electron chi connectivity index (χ2n) is 8.23. The summed E-state index contributed by atoms with van der Waals surface area (Å²) in [6, 6.07) is 0.632. The fourth-order valence-corrected chi connectivity index (χ4v) is 4.78. The van der Waals surface area contributed by atoms with E-state index in [2.05, 4.69) is 41.8 Å². The minimum Gasteiger partial charge on any atom is -0.328 e. The van der Waals surface area contributed by atoms with Crippen LogP contribution in [0.25, 0.3) is 0 Å². The van der Waals surface area contributed by atoms with Crippen molar-refractivity contribution in [2.75, 3.05) is 32.5 Å². The Morgan fingerprint density at radius 2 is 1.86 bits per heavy atom. The Balaban J connectivity index is 2.33. The molecule has 4 nitrogen and oxygen atoms in total. The van der Waals surface area contributed by atoms with Crippen LogP contribution >= 0.6 is 11.3 Å². The van der Waals surface area contributed by atoms with E-state index in [9.17, 15) is 4.79 Å². The van der Waals surface area contributed by atoms with Gasteiger partial charge in [0.1, 0.15) is 0 Å². The largest absolute Gasteiger partial charge is 0.328 e. The number of unbranched alkanes of at least 4 members (excludes halogenated alkanes) is 3. The van der Waals surface area contributed by atoms with Crippen molar-refractivity contribution in [1.29, 1.82) is 0 Å². The SMILES string of the molecule is CCCC(C)CCCCCCC(CCNC)N(C)CCc1cscc1NC=O. The monoisotopic (exact) mass is 409 g/mol. The third-order valence-electron chi connectivity index (χ3n) is 5.81. The summed E-state index contributed by atoms with van der Waals surface area (Å²) in [5, 5.41) is 10.3. The highest BCUT2D eigenvalue weighted by molar-refractivity contribution is 7.08. The number of anilines is 1. The molecule has 5 heteroatoms. The number of rotatable bonds is 18. The number of nitrogens with zero attached hydrogens (tertiary/aromatic N) is 1. The van der Waals surface area contributed by atoms with E-state index in [1.807, 2.05) is 12.4 Å². The van der Waals surface area contributed by atoms with Crippen molar-refractivity contribution in [3.05, 3.63) is 16.3 Å². The van der Waals surface area contributed by atoms with Gasteiger partial charge in [-0.2, -0.15) is 0 Å². The Morgan fingerprint density at radius 1 is 1.11 bits per heavy atom. The van der Waals surface area contributed by atoms with Crippen molar-refractivity contribution in [3.63, 3.8) is 0 Å². The smallest absolute Gasteiger partial charge is 0.211 e. The van der Waals surface area contributed by atoms with Crippen LogP contribution in [0.2, 0.25) is 0 Å². The standard InChI is InChI=1S/C23H43N3OS/c1-5-10-20(2)11-8-6-7-9-12-22(13-15-24-3)26(4)16-14-21-17-28-18-23(21)25-19-27/h17-20,22,24H,5-16H2,1-4H3,(H,25,27). The lowest BCUT2D eigenvalue weighted by atomic mass is 9.97. The van der Waals surface area contributed by atoms with Gasteiger partial charge in [0, 0.05) is 18.0 Å². The Morgan fingerprint density at radius 3 is 2.54 bits per heavy atom. The summed E-state index contributed by atoms with van der Waals surface area (Å²) in [5.41, 5.74) is 2.22. The number of likely N-dealkylation sites (N-methyl/N-ethyl adjacent to an activating group) is 1. The van der Waals surface area contributed by atoms with E-state index in [1.165, 1.54) is 63.4 Å². The summed E-state index contributed by atoms with van der Waals surface area (Å²) >= 11 is 1.66. The molecule has 0 aliphatic heterocycles. The minimum absolute atomic E-state index is 0.632. The Hall–Kier alpha value is -0.910. The first-order chi connectivity index (χ1) is 13.6. The first-order valence-corrected chi connectivity index (χ1v) is 12.2. The molecule has 162 valence electrons. The molecule has 0 saturated heterocycles. The van der Waals surface area contributed by atoms with E-state index in [1.54, 1.807) is 11.3 Å². The molecule has 2 N–H and O–H groups in total. The Bertz CT molecular complexity index is 506. The maximum Gasteiger partial charge on any atom is 0.211 e. The predicted molar refractivity (Wildman–Crippen MR) is 124 cm³/mol. The van der Waals surface area contributed by atoms with Gasteiger partial charge in [-0.25, -0.2) is 0 Å². The van der Waals surface area contributed by atoms with E-state index < -0.39 is 0 Å². The van der Waals surface area contributed by atoms with E-state index in [0.29, 0.717) is 6.04 Å². The molecule has 2 unspecified atom stereocenters. The molecule has 0 bridgehead atoms. The molecule has 0 saturated carbocycles. The summed E-state index contributed by atoms with van der Waals surface area (Å²) in [6.07, 6.45) is 13.8. The van der Waals surface area contributed by atoms with Crippen molar-refractivity contribution < 1.29 is 4.79 Å². The molecule has 0 spiro atoms. The summed E-state index contributed by atoms with van der Waals surface area (Å²) in [7, 11) is 4.29. The van der Waals surface area contributed by atoms with Gasteiger partial charge in [0.05, 0.1) is 5.69 Å². The number of hydrogen-bond donors (Lipinski definition) is 2. The van der Waals surface area contributed by atoms with Gasteiger partial charge in [-0.15, -0.1) is 11.3 Å². The van der Waals surface area contributed by atoms with Crippen LogP contribution in [0.1, 0.15) is 77.2 Å². The van der Waals surface area contributed by atoms with Crippen LogP contribution in [0.5, 0.6) is 0 Å². The number of amides is 1. The third kappa shape index (κ3) is 10.6. The quantitative estimate of drug-likeness (QED) is 0.247. The van der Waals surface area contributed by atoms with E-state index in [4.69, 9.17) is 0 Å². The maximum atomic E-state index is 10.7. The van der Waals surface area contributed by atoms with Gasteiger partial charge in [-0.1, -0.05) is 58.8 Å². The number of thiophene rings is 1. The highest BCUT2D eigenvalue weighted by Gasteiger charge is 2.15. The molecule has 0 aliphatic carbocycles. The molecule has 1 amide bonds. The number of nitrogens with one attached hydrogen (secondary N) is 2. The van der Waals surface area contributed by atoms with E-state index in [-0.39, 0.29) is 0 Å². The second-order valence-corrected chi connectivity index (χ2v) is 8.98. The van der Waals surface area contributed by atoms with Crippen LogP contribution in [0.3, 0.4) is 0 Å². The van der Waals surface area contributed by atoms with Crippen molar-refractivity contribution in [3.8, 4) is 0 Å². The molecule has 0 fully saturated rings. The van der Waals surface area contributed by atoms with Gasteiger partial charge in [0.25, 0.3) is 0 Å². The Labute approximate surface area is 177 Å². The normalized spacial score (nSPS) is 13.6. The van der Waals surface area contributed by atoms with Crippen molar-refractivity contribution >= 4 is 23.4 Å². The fourth-order valence-electron chi connectivity index (χ4n) is 3.95. The number of hydrogen-bond acceptors (Lipinski definition) is 4. The summed E-state index contributed by atoms with van der Waals surface area (Å²) < 4.78 is 0. The van der Waals surface area contributed by atoms with Crippen LogP contribution in [0.4, 0.5) is 5.69 Å². The van der Waals surface area contributed by atoms with Gasteiger partial charge >= 0.3 is 0 Å². The van der Waals surface area contributed by atoms with Gasteiger partial charge in [-0.05, 0) is 56.8 Å². The summed E-state index contributed by atoms with van der Waals surface area (Å²) in [6.45, 7) is 6.79. The first-order valence-electron chi connectivity index (χ1n) is 11.2. The van der Waals surface area contributed by atoms with Crippen LogP contribution in [-0.2, 0) is 11.2 Å². The van der Waals surface area contributed by atoms with E-state index in [0.717, 1.165) is 37.5 Å². The lowest BCUT2D eigenvalue weighted by Gasteiger charge is -2.28. The highest BCUT2D eigenvalue weighted by atomic mass is 32.1. The van der Waals surface area contributed by atoms with Crippen molar-refractivity contribution in [1.82, 2.24) is 10.2 Å². The lowest BCUT2D eigenvalue weighted by molar-refractivity contribution is -0.105. The van der Waals surface area contributed by atoms with Crippen LogP contribution in [-0.4, -0.2) is 44.5 Å². The highest BCUT2D eigenvalue weighted by Crippen LogP contribution is 2.22. The molecule has 2 atom stereocenters. The lowest BCUT2D eigenvalue weighted by Crippen LogP contribution is -2.35. The molecular weight excluding hydrogens is 366 g/mol. The molecule has 1 rings (SSSR count). The predicted octanol–water partition coefficient (Wildman–Crippen LogP) is 5.55. The summed E-state index contributed by atoms with van der Waals surface area (Å²) in [4.78, 5) is 13.2. The van der Waals surface area contributed by atoms with E-state index >= 15 is 0 Å². The van der Waals surface area contributed by atoms with Crippen LogP contribution in [0.15, 0.2) is 10.8 Å². The molecular formula is C23H43N3OS. The third-order valence-corrected chi connectivity index (χ3v) is 6.60. The van der Waals surface area contributed by atoms with Crippen LogP contribution in [0, 0.1) is 5.92 Å². The fraction of sp³-hybridized carbons (Fsp3) is 0.783. The van der Waals surface area contributed by atoms with Gasteiger partial charge in [0.2, 0.25) is 6.41 Å². The molecule has 1 aromatic rings. The number of carbonyl (C=O) groups is 1. The minimum atomic E-state index is 0.632. The van der Waals surface area contributed by atoms with Gasteiger partial charge < -0.3 is 15.5 Å². The first kappa shape index (κ1) is 25.1. The van der Waals surface area contributed by atoms with Gasteiger partial charge in [0.15, 0.2) is 0 Å².